The largest absolute Gasteiger partial charge is 0.507 e. The van der Waals surface area contributed by atoms with Crippen LogP contribution in [0.4, 0.5) is 0 Å². The Labute approximate surface area is 108 Å². The van der Waals surface area contributed by atoms with E-state index < -0.39 is 0 Å². The summed E-state index contributed by atoms with van der Waals surface area (Å²) in [5.74, 6) is 0.781. The molecule has 4 nitrogen and oxygen atoms in total. The molecule has 3 aromatic rings. The molecule has 18 heavy (non-hydrogen) atoms. The van der Waals surface area contributed by atoms with Crippen molar-refractivity contribution in [2.24, 2.45) is 0 Å². The molecule has 5 heteroatoms. The molecule has 0 atom stereocenters. The molecule has 90 valence electrons. The van der Waals surface area contributed by atoms with Crippen molar-refractivity contribution in [3.8, 4) is 22.1 Å². The predicted octanol–water partition coefficient (Wildman–Crippen LogP) is 3.07. The number of thiazole rings is 1. The molecule has 0 spiro atoms. The van der Waals surface area contributed by atoms with Gasteiger partial charge >= 0.3 is 0 Å². The van der Waals surface area contributed by atoms with Crippen LogP contribution >= 0.6 is 11.3 Å². The van der Waals surface area contributed by atoms with Crippen molar-refractivity contribution < 1.29 is 9.84 Å². The van der Waals surface area contributed by atoms with Crippen molar-refractivity contribution >= 4 is 21.7 Å². The Morgan fingerprint density at radius 3 is 2.89 bits per heavy atom. The number of ether oxygens (including phenoxy) is 1. The number of fused-ring (bicyclic) bond motifs is 1. The second-order valence-electron chi connectivity index (χ2n) is 3.73. The lowest BCUT2D eigenvalue weighted by Crippen LogP contribution is -1.83. The number of benzene rings is 1. The number of methoxy groups -OCH3 is 1. The molecular weight excluding hydrogens is 248 g/mol. The van der Waals surface area contributed by atoms with Gasteiger partial charge < -0.3 is 9.84 Å². The molecule has 0 aliphatic carbocycles. The second-order valence-corrected chi connectivity index (χ2v) is 4.71. The van der Waals surface area contributed by atoms with Gasteiger partial charge in [0.2, 0.25) is 0 Å². The molecule has 0 bridgehead atoms. The topological polar surface area (TPSA) is 55.2 Å². The summed E-state index contributed by atoms with van der Waals surface area (Å²) in [4.78, 5) is 9.56. The summed E-state index contributed by atoms with van der Waals surface area (Å²) in [7, 11) is 1.57. The van der Waals surface area contributed by atoms with Gasteiger partial charge in [-0.3, -0.25) is 0 Å². The minimum absolute atomic E-state index is 0.161. The Kier molecular flexibility index (Phi) is 2.60. The number of rotatable bonds is 2. The van der Waals surface area contributed by atoms with Crippen LogP contribution in [0.5, 0.6) is 11.5 Å². The van der Waals surface area contributed by atoms with Crippen LogP contribution in [0.25, 0.3) is 20.9 Å². The van der Waals surface area contributed by atoms with Crippen molar-refractivity contribution in [3.05, 3.63) is 36.5 Å². The van der Waals surface area contributed by atoms with E-state index in [2.05, 4.69) is 9.97 Å². The lowest BCUT2D eigenvalue weighted by atomic mass is 10.2. The monoisotopic (exact) mass is 258 g/mol. The molecule has 0 unspecified atom stereocenters. The Hall–Kier alpha value is -2.14. The first kappa shape index (κ1) is 11.0. The zero-order valence-electron chi connectivity index (χ0n) is 9.62. The van der Waals surface area contributed by atoms with Gasteiger partial charge in [0.1, 0.15) is 26.9 Å². The maximum atomic E-state index is 9.97. The van der Waals surface area contributed by atoms with Crippen molar-refractivity contribution in [1.29, 1.82) is 0 Å². The van der Waals surface area contributed by atoms with E-state index >= 15 is 0 Å². The van der Waals surface area contributed by atoms with Gasteiger partial charge in [0, 0.05) is 12.3 Å². The fourth-order valence-corrected chi connectivity index (χ4v) is 2.65. The summed E-state index contributed by atoms with van der Waals surface area (Å²) in [5.41, 5.74) is 1.53. The molecule has 1 aromatic carbocycles. The lowest BCUT2D eigenvalue weighted by Gasteiger charge is -2.03. The van der Waals surface area contributed by atoms with E-state index in [0.717, 1.165) is 15.4 Å². The first-order chi connectivity index (χ1) is 8.78. The fourth-order valence-electron chi connectivity index (χ4n) is 1.70. The van der Waals surface area contributed by atoms with E-state index in [1.807, 2.05) is 12.1 Å². The summed E-state index contributed by atoms with van der Waals surface area (Å²) in [6, 6.07) is 8.93. The molecule has 0 aliphatic rings. The highest BCUT2D eigenvalue weighted by molar-refractivity contribution is 7.21. The molecular formula is C13H10N2O2S. The van der Waals surface area contributed by atoms with Crippen molar-refractivity contribution in [2.45, 2.75) is 0 Å². The molecule has 0 amide bonds. The first-order valence-corrected chi connectivity index (χ1v) is 6.18. The van der Waals surface area contributed by atoms with Gasteiger partial charge in [-0.2, -0.15) is 0 Å². The van der Waals surface area contributed by atoms with E-state index in [4.69, 9.17) is 4.74 Å². The van der Waals surface area contributed by atoms with Gasteiger partial charge in [-0.05, 0) is 24.3 Å². The highest BCUT2D eigenvalue weighted by Gasteiger charge is 2.11. The fraction of sp³-hybridized carbons (Fsp3) is 0.0769. The van der Waals surface area contributed by atoms with Gasteiger partial charge in [0.05, 0.1) is 12.7 Å². The number of hydrogen-bond donors (Lipinski definition) is 1. The highest BCUT2D eigenvalue weighted by atomic mass is 32.1. The predicted molar refractivity (Wildman–Crippen MR) is 71.1 cm³/mol. The molecule has 2 aromatic heterocycles. The quantitative estimate of drug-likeness (QED) is 0.767. The molecule has 0 saturated carbocycles. The third-order valence-corrected chi connectivity index (χ3v) is 3.61. The number of aromatic hydroxyl groups is 1. The summed E-state index contributed by atoms with van der Waals surface area (Å²) < 4.78 is 5.06. The van der Waals surface area contributed by atoms with E-state index in [1.165, 1.54) is 11.3 Å². The highest BCUT2D eigenvalue weighted by Crippen LogP contribution is 2.36. The minimum atomic E-state index is 0.161. The standard InChI is InChI=1S/C13H10N2O2S/c1-17-8-4-5-9(11(16)7-8)12-15-10-3-2-6-14-13(10)18-12/h2-7,16H,1H3. The second kappa shape index (κ2) is 4.27. The normalized spacial score (nSPS) is 10.7. The van der Waals surface area contributed by atoms with Crippen molar-refractivity contribution in [3.63, 3.8) is 0 Å². The average Bonchev–Trinajstić information content (AvgIpc) is 2.81. The van der Waals surface area contributed by atoms with E-state index in [1.54, 1.807) is 31.5 Å². The number of phenols is 1. The van der Waals surface area contributed by atoms with Crippen LogP contribution in [0.2, 0.25) is 0 Å². The minimum Gasteiger partial charge on any atom is -0.507 e. The molecule has 1 N–H and O–H groups in total. The summed E-state index contributed by atoms with van der Waals surface area (Å²) in [6.07, 6.45) is 1.73. The van der Waals surface area contributed by atoms with Crippen molar-refractivity contribution in [1.82, 2.24) is 9.97 Å². The molecule has 0 saturated heterocycles. The Morgan fingerprint density at radius 2 is 2.17 bits per heavy atom. The summed E-state index contributed by atoms with van der Waals surface area (Å²) in [6.45, 7) is 0. The summed E-state index contributed by atoms with van der Waals surface area (Å²) in [5, 5.41) is 10.7. The van der Waals surface area contributed by atoms with Gasteiger partial charge in [0.25, 0.3) is 0 Å². The van der Waals surface area contributed by atoms with E-state index in [9.17, 15) is 5.11 Å². The summed E-state index contributed by atoms with van der Waals surface area (Å²) >= 11 is 1.45. The van der Waals surface area contributed by atoms with Gasteiger partial charge in [0.15, 0.2) is 0 Å². The molecule has 3 rings (SSSR count). The molecule has 0 radical (unpaired) electrons. The third kappa shape index (κ3) is 1.78. The Morgan fingerprint density at radius 1 is 1.28 bits per heavy atom. The van der Waals surface area contributed by atoms with Crippen LogP contribution in [-0.2, 0) is 0 Å². The Bertz CT molecular complexity index is 676. The van der Waals surface area contributed by atoms with E-state index in [-0.39, 0.29) is 5.75 Å². The maximum Gasteiger partial charge on any atom is 0.143 e. The SMILES string of the molecule is COc1ccc(-c2nc3cccnc3s2)c(O)c1. The maximum absolute atomic E-state index is 9.97. The van der Waals surface area contributed by atoms with Crippen LogP contribution in [0.15, 0.2) is 36.5 Å². The van der Waals surface area contributed by atoms with Crippen LogP contribution < -0.4 is 4.74 Å². The van der Waals surface area contributed by atoms with E-state index in [0.29, 0.717) is 11.3 Å². The molecule has 0 fully saturated rings. The van der Waals surface area contributed by atoms with Crippen molar-refractivity contribution in [2.75, 3.05) is 7.11 Å². The van der Waals surface area contributed by atoms with Crippen LogP contribution in [0, 0.1) is 0 Å². The molecule has 0 aliphatic heterocycles. The number of hydrogen-bond acceptors (Lipinski definition) is 5. The van der Waals surface area contributed by atoms with Crippen LogP contribution in [-0.4, -0.2) is 22.2 Å². The Balaban J connectivity index is 2.14. The van der Waals surface area contributed by atoms with Gasteiger partial charge in [-0.25, -0.2) is 9.97 Å². The number of pyridine rings is 1. The third-order valence-electron chi connectivity index (χ3n) is 2.60. The zero-order chi connectivity index (χ0) is 12.5. The van der Waals surface area contributed by atoms with Crippen LogP contribution in [0.1, 0.15) is 0 Å². The number of phenolic OH excluding ortho intramolecular Hbond substituents is 1. The first-order valence-electron chi connectivity index (χ1n) is 5.37. The smallest absolute Gasteiger partial charge is 0.143 e. The number of aromatic nitrogens is 2. The van der Waals surface area contributed by atoms with Gasteiger partial charge in [-0.1, -0.05) is 11.3 Å². The zero-order valence-corrected chi connectivity index (χ0v) is 10.4. The molecule has 2 heterocycles. The van der Waals surface area contributed by atoms with Crippen LogP contribution in [0.3, 0.4) is 0 Å². The van der Waals surface area contributed by atoms with Gasteiger partial charge in [-0.15, -0.1) is 0 Å². The number of nitrogens with zero attached hydrogens (tertiary/aromatic N) is 2. The average molecular weight is 258 g/mol. The lowest BCUT2D eigenvalue weighted by molar-refractivity contribution is 0.408.